The van der Waals surface area contributed by atoms with Gasteiger partial charge >= 0.3 is 0 Å². The van der Waals surface area contributed by atoms with Gasteiger partial charge in [0.2, 0.25) is 0 Å². The molecule has 0 radical (unpaired) electrons. The number of rotatable bonds is 2. The fourth-order valence-electron chi connectivity index (χ4n) is 0.596. The van der Waals surface area contributed by atoms with E-state index in [4.69, 9.17) is 0 Å². The first-order valence-electron chi connectivity index (χ1n) is 3.03. The molecule has 0 rings (SSSR count). The highest BCUT2D eigenvalue weighted by Gasteiger charge is 2.12. The molecule has 0 aromatic carbocycles. The molecule has 0 atom stereocenters. The van der Waals surface area contributed by atoms with Crippen LogP contribution in [0.4, 0.5) is 0 Å². The molecule has 0 heterocycles. The van der Waals surface area contributed by atoms with E-state index in [9.17, 15) is 4.89 Å². The van der Waals surface area contributed by atoms with Crippen molar-refractivity contribution in [1.29, 1.82) is 0 Å². The summed E-state index contributed by atoms with van der Waals surface area (Å²) in [6.45, 7) is 8.24. The molecule has 0 amide bonds. The topological polar surface area (TPSA) is 20.2 Å². The Kier molecular flexibility index (Phi) is 3.59. The molecule has 0 aromatic heterocycles. The van der Waals surface area contributed by atoms with Gasteiger partial charge in [-0.2, -0.15) is 0 Å². The van der Waals surface area contributed by atoms with Crippen molar-refractivity contribution in [2.24, 2.45) is 0 Å². The average molecular weight is 134 g/mol. The summed E-state index contributed by atoms with van der Waals surface area (Å²) < 4.78 is 0. The van der Waals surface area contributed by atoms with Crippen molar-refractivity contribution in [2.45, 2.75) is 39.0 Å². The Hall–Kier alpha value is 0.390. The van der Waals surface area contributed by atoms with Crippen LogP contribution in [0.3, 0.4) is 0 Å². The first kappa shape index (κ1) is 8.39. The second kappa shape index (κ2) is 3.42. The van der Waals surface area contributed by atoms with E-state index < -0.39 is 8.15 Å². The molecule has 0 aliphatic rings. The molecular weight excluding hydrogens is 119 g/mol. The normalized spacial score (nSPS) is 12.0. The maximum Gasteiger partial charge on any atom is 0.0303 e. The zero-order chi connectivity index (χ0) is 6.73. The van der Waals surface area contributed by atoms with Crippen LogP contribution in [0.5, 0.6) is 0 Å². The van der Waals surface area contributed by atoms with Crippen molar-refractivity contribution in [2.75, 3.05) is 0 Å². The Balaban J connectivity index is 3.46. The molecule has 0 aliphatic carbocycles. The summed E-state index contributed by atoms with van der Waals surface area (Å²) in [6.07, 6.45) is 0. The SMILES string of the molecule is CC(C)P(O)C(C)C. The first-order valence-corrected chi connectivity index (χ1v) is 4.46. The van der Waals surface area contributed by atoms with Crippen molar-refractivity contribution < 1.29 is 4.89 Å². The predicted molar refractivity (Wildman–Crippen MR) is 39.4 cm³/mol. The van der Waals surface area contributed by atoms with E-state index >= 15 is 0 Å². The van der Waals surface area contributed by atoms with Crippen molar-refractivity contribution in [3.63, 3.8) is 0 Å². The zero-order valence-electron chi connectivity index (χ0n) is 6.05. The van der Waals surface area contributed by atoms with Gasteiger partial charge in [0, 0.05) is 8.15 Å². The summed E-state index contributed by atoms with van der Waals surface area (Å²) in [5, 5.41) is 0. The zero-order valence-corrected chi connectivity index (χ0v) is 6.94. The van der Waals surface area contributed by atoms with Gasteiger partial charge in [-0.05, 0) is 11.3 Å². The Morgan fingerprint density at radius 1 is 1.00 bits per heavy atom. The van der Waals surface area contributed by atoms with E-state index in [-0.39, 0.29) is 0 Å². The van der Waals surface area contributed by atoms with Crippen molar-refractivity contribution in [3.8, 4) is 0 Å². The molecule has 50 valence electrons. The summed E-state index contributed by atoms with van der Waals surface area (Å²) >= 11 is 0. The molecule has 8 heavy (non-hydrogen) atoms. The highest BCUT2D eigenvalue weighted by atomic mass is 31.1. The van der Waals surface area contributed by atoms with E-state index in [1.54, 1.807) is 0 Å². The molecule has 0 aliphatic heterocycles. The first-order chi connectivity index (χ1) is 3.55. The molecule has 0 saturated carbocycles. The lowest BCUT2D eigenvalue weighted by Crippen LogP contribution is -2.01. The Morgan fingerprint density at radius 2 is 1.25 bits per heavy atom. The van der Waals surface area contributed by atoms with Crippen LogP contribution in [-0.4, -0.2) is 16.2 Å². The van der Waals surface area contributed by atoms with E-state index in [1.807, 2.05) is 0 Å². The van der Waals surface area contributed by atoms with Crippen LogP contribution in [-0.2, 0) is 0 Å². The van der Waals surface area contributed by atoms with E-state index in [1.165, 1.54) is 0 Å². The summed E-state index contributed by atoms with van der Waals surface area (Å²) in [4.78, 5) is 9.27. The number of hydrogen-bond donors (Lipinski definition) is 1. The molecule has 2 heteroatoms. The second-order valence-electron chi connectivity index (χ2n) is 2.57. The predicted octanol–water partition coefficient (Wildman–Crippen LogP) is 2.19. The van der Waals surface area contributed by atoms with E-state index in [2.05, 4.69) is 27.7 Å². The molecule has 0 bridgehead atoms. The van der Waals surface area contributed by atoms with Crippen LogP contribution in [0.1, 0.15) is 27.7 Å². The fourth-order valence-corrected chi connectivity index (χ4v) is 1.79. The Morgan fingerprint density at radius 3 is 1.25 bits per heavy atom. The van der Waals surface area contributed by atoms with Gasteiger partial charge in [0.1, 0.15) is 0 Å². The van der Waals surface area contributed by atoms with Crippen LogP contribution in [0.25, 0.3) is 0 Å². The minimum Gasteiger partial charge on any atom is -0.373 e. The minimum atomic E-state index is -0.699. The minimum absolute atomic E-state index is 0.463. The second-order valence-corrected chi connectivity index (χ2v) is 5.39. The van der Waals surface area contributed by atoms with E-state index in [0.717, 1.165) is 0 Å². The maximum atomic E-state index is 9.27. The molecule has 0 unspecified atom stereocenters. The summed E-state index contributed by atoms with van der Waals surface area (Å²) in [7, 11) is -0.699. The summed E-state index contributed by atoms with van der Waals surface area (Å²) in [5.74, 6) is 0. The van der Waals surface area contributed by atoms with Crippen LogP contribution in [0.15, 0.2) is 0 Å². The van der Waals surface area contributed by atoms with Crippen molar-refractivity contribution >= 4 is 8.15 Å². The third-order valence-corrected chi connectivity index (χ3v) is 3.17. The lowest BCUT2D eigenvalue weighted by Gasteiger charge is -2.17. The van der Waals surface area contributed by atoms with Crippen molar-refractivity contribution in [1.82, 2.24) is 0 Å². The van der Waals surface area contributed by atoms with Crippen LogP contribution >= 0.6 is 8.15 Å². The molecule has 0 aromatic rings. The van der Waals surface area contributed by atoms with Gasteiger partial charge in [-0.3, -0.25) is 0 Å². The van der Waals surface area contributed by atoms with Gasteiger partial charge in [0.05, 0.1) is 0 Å². The fraction of sp³-hybridized carbons (Fsp3) is 1.00. The molecule has 1 nitrogen and oxygen atoms in total. The monoisotopic (exact) mass is 134 g/mol. The molecule has 0 fully saturated rings. The Labute approximate surface area is 52.9 Å². The van der Waals surface area contributed by atoms with Gasteiger partial charge in [-0.15, -0.1) is 0 Å². The van der Waals surface area contributed by atoms with Crippen LogP contribution < -0.4 is 0 Å². The van der Waals surface area contributed by atoms with Crippen molar-refractivity contribution in [3.05, 3.63) is 0 Å². The standard InChI is InChI=1S/C6H15OP/c1-5(2)8(7)6(3)4/h5-7H,1-4H3. The van der Waals surface area contributed by atoms with Gasteiger partial charge in [0.25, 0.3) is 0 Å². The summed E-state index contributed by atoms with van der Waals surface area (Å²) in [6, 6.07) is 0. The van der Waals surface area contributed by atoms with Gasteiger partial charge in [0.15, 0.2) is 0 Å². The quantitative estimate of drug-likeness (QED) is 0.574. The lowest BCUT2D eigenvalue weighted by molar-refractivity contribution is 0.600. The third-order valence-electron chi connectivity index (χ3n) is 1.06. The van der Waals surface area contributed by atoms with E-state index in [0.29, 0.717) is 11.3 Å². The molecule has 0 saturated heterocycles. The third kappa shape index (κ3) is 2.64. The van der Waals surface area contributed by atoms with Crippen LogP contribution in [0, 0.1) is 0 Å². The number of hydrogen-bond acceptors (Lipinski definition) is 1. The molecule has 1 N–H and O–H groups in total. The van der Waals surface area contributed by atoms with Gasteiger partial charge < -0.3 is 4.89 Å². The largest absolute Gasteiger partial charge is 0.373 e. The maximum absolute atomic E-state index is 9.27. The summed E-state index contributed by atoms with van der Waals surface area (Å²) in [5.41, 5.74) is 0.926. The van der Waals surface area contributed by atoms with Gasteiger partial charge in [-0.1, -0.05) is 27.7 Å². The smallest absolute Gasteiger partial charge is 0.0303 e. The molecule has 0 spiro atoms. The highest BCUT2D eigenvalue weighted by Crippen LogP contribution is 2.40. The van der Waals surface area contributed by atoms with Crippen LogP contribution in [0.2, 0.25) is 0 Å². The average Bonchev–Trinajstić information content (AvgIpc) is 1.64. The van der Waals surface area contributed by atoms with Gasteiger partial charge in [-0.25, -0.2) is 0 Å². The highest BCUT2D eigenvalue weighted by molar-refractivity contribution is 7.52. The lowest BCUT2D eigenvalue weighted by atomic mass is 10.5. The molecular formula is C6H15OP. The Bertz CT molecular complexity index is 53.5.